The summed E-state index contributed by atoms with van der Waals surface area (Å²) in [7, 11) is 0. The molecule has 0 aromatic heterocycles. The predicted molar refractivity (Wildman–Crippen MR) is 65.8 cm³/mol. The second-order valence-electron chi connectivity index (χ2n) is 6.89. The Hall–Kier alpha value is -1.06. The fraction of sp³-hybridized carbons (Fsp3) is 0.857. The Morgan fingerprint density at radius 2 is 1.67 bits per heavy atom. The SMILES string of the molecule is CC(NC=O)(C(=O)O)C12CC3CC(CC(C3)C1)C2. The van der Waals surface area contributed by atoms with Gasteiger partial charge in [-0.2, -0.15) is 0 Å². The number of carboxylic acid groups (broad SMARTS) is 1. The fourth-order valence-electron chi connectivity index (χ4n) is 5.28. The van der Waals surface area contributed by atoms with Crippen LogP contribution in [0.3, 0.4) is 0 Å². The van der Waals surface area contributed by atoms with E-state index in [4.69, 9.17) is 0 Å². The average Bonchev–Trinajstić information content (AvgIpc) is 2.26. The molecule has 1 amide bonds. The third-order valence-electron chi connectivity index (χ3n) is 5.87. The van der Waals surface area contributed by atoms with E-state index in [2.05, 4.69) is 5.32 Å². The van der Waals surface area contributed by atoms with Crippen LogP contribution in [0.5, 0.6) is 0 Å². The number of carbonyl (C=O) groups excluding carboxylic acids is 1. The number of amides is 1. The summed E-state index contributed by atoms with van der Waals surface area (Å²) in [6, 6.07) is 0. The van der Waals surface area contributed by atoms with E-state index in [-0.39, 0.29) is 5.41 Å². The van der Waals surface area contributed by atoms with E-state index in [1.54, 1.807) is 6.92 Å². The zero-order valence-electron chi connectivity index (χ0n) is 10.8. The third-order valence-corrected chi connectivity index (χ3v) is 5.87. The van der Waals surface area contributed by atoms with Gasteiger partial charge in [0, 0.05) is 5.41 Å². The first-order valence-corrected chi connectivity index (χ1v) is 6.94. The van der Waals surface area contributed by atoms with Crippen molar-refractivity contribution in [1.82, 2.24) is 5.32 Å². The van der Waals surface area contributed by atoms with E-state index in [0.717, 1.165) is 19.3 Å². The van der Waals surface area contributed by atoms with Gasteiger partial charge in [0.15, 0.2) is 0 Å². The molecular weight excluding hydrogens is 230 g/mol. The van der Waals surface area contributed by atoms with Crippen molar-refractivity contribution in [2.45, 2.75) is 51.0 Å². The number of hydrogen-bond donors (Lipinski definition) is 2. The Balaban J connectivity index is 1.98. The lowest BCUT2D eigenvalue weighted by Gasteiger charge is -2.61. The predicted octanol–water partition coefficient (Wildman–Crippen LogP) is 1.79. The van der Waals surface area contributed by atoms with Crippen molar-refractivity contribution in [3.8, 4) is 0 Å². The molecule has 0 aromatic rings. The topological polar surface area (TPSA) is 66.4 Å². The van der Waals surface area contributed by atoms with Crippen molar-refractivity contribution in [3.05, 3.63) is 0 Å². The molecule has 100 valence electrons. The molecule has 2 N–H and O–H groups in total. The molecule has 4 rings (SSSR count). The molecule has 0 radical (unpaired) electrons. The fourth-order valence-corrected chi connectivity index (χ4v) is 5.28. The van der Waals surface area contributed by atoms with Crippen molar-refractivity contribution in [2.75, 3.05) is 0 Å². The highest BCUT2D eigenvalue weighted by Crippen LogP contribution is 2.63. The van der Waals surface area contributed by atoms with E-state index in [9.17, 15) is 14.7 Å². The van der Waals surface area contributed by atoms with Crippen LogP contribution < -0.4 is 5.32 Å². The molecule has 0 spiro atoms. The molecule has 4 heteroatoms. The van der Waals surface area contributed by atoms with Crippen molar-refractivity contribution in [2.24, 2.45) is 23.2 Å². The molecule has 18 heavy (non-hydrogen) atoms. The van der Waals surface area contributed by atoms with E-state index in [0.29, 0.717) is 24.2 Å². The highest BCUT2D eigenvalue weighted by molar-refractivity contribution is 5.82. The molecule has 0 aromatic carbocycles. The maximum atomic E-state index is 11.7. The van der Waals surface area contributed by atoms with Gasteiger partial charge in [0.25, 0.3) is 0 Å². The van der Waals surface area contributed by atoms with Crippen LogP contribution in [-0.4, -0.2) is 23.0 Å². The first-order valence-electron chi connectivity index (χ1n) is 6.94. The van der Waals surface area contributed by atoms with Crippen LogP contribution in [0.15, 0.2) is 0 Å². The smallest absolute Gasteiger partial charge is 0.329 e. The van der Waals surface area contributed by atoms with Gasteiger partial charge >= 0.3 is 5.97 Å². The monoisotopic (exact) mass is 251 g/mol. The van der Waals surface area contributed by atoms with E-state index >= 15 is 0 Å². The lowest BCUT2D eigenvalue weighted by atomic mass is 9.45. The number of aliphatic carboxylic acids is 1. The molecule has 4 aliphatic carbocycles. The summed E-state index contributed by atoms with van der Waals surface area (Å²) >= 11 is 0. The first-order chi connectivity index (χ1) is 8.49. The number of carboxylic acids is 1. The Labute approximate surface area is 107 Å². The lowest BCUT2D eigenvalue weighted by Crippen LogP contribution is -2.66. The number of carbonyl (C=O) groups is 2. The second kappa shape index (κ2) is 3.72. The zero-order chi connectivity index (χ0) is 13.0. The van der Waals surface area contributed by atoms with Gasteiger partial charge in [-0.15, -0.1) is 0 Å². The minimum absolute atomic E-state index is 0.214. The van der Waals surface area contributed by atoms with Gasteiger partial charge in [-0.3, -0.25) is 4.79 Å². The van der Waals surface area contributed by atoms with Crippen molar-refractivity contribution < 1.29 is 14.7 Å². The molecule has 1 atom stereocenters. The summed E-state index contributed by atoms with van der Waals surface area (Å²) in [5, 5.41) is 12.2. The summed E-state index contributed by atoms with van der Waals surface area (Å²) in [5.41, 5.74) is -1.31. The molecule has 1 unspecified atom stereocenters. The summed E-state index contributed by atoms with van der Waals surface area (Å²) in [6.07, 6.45) is 7.31. The minimum atomic E-state index is -1.09. The van der Waals surface area contributed by atoms with Crippen LogP contribution in [0, 0.1) is 23.2 Å². The molecular formula is C14H21NO3. The third kappa shape index (κ3) is 1.44. The summed E-state index contributed by atoms with van der Waals surface area (Å²) < 4.78 is 0. The summed E-state index contributed by atoms with van der Waals surface area (Å²) in [6.45, 7) is 1.71. The maximum absolute atomic E-state index is 11.7. The van der Waals surface area contributed by atoms with Crippen LogP contribution in [0.2, 0.25) is 0 Å². The van der Waals surface area contributed by atoms with Gasteiger partial charge in [-0.1, -0.05) is 0 Å². The normalized spacial score (nSPS) is 44.4. The van der Waals surface area contributed by atoms with Crippen LogP contribution >= 0.6 is 0 Å². The van der Waals surface area contributed by atoms with Crippen LogP contribution in [0.25, 0.3) is 0 Å². The molecule has 0 aliphatic heterocycles. The van der Waals surface area contributed by atoms with Crippen LogP contribution in [-0.2, 0) is 9.59 Å². The largest absolute Gasteiger partial charge is 0.479 e. The average molecular weight is 251 g/mol. The van der Waals surface area contributed by atoms with Gasteiger partial charge in [-0.25, -0.2) is 4.79 Å². The molecule has 4 saturated carbocycles. The number of hydrogen-bond acceptors (Lipinski definition) is 2. The van der Waals surface area contributed by atoms with Gasteiger partial charge in [0.05, 0.1) is 0 Å². The quantitative estimate of drug-likeness (QED) is 0.749. The van der Waals surface area contributed by atoms with E-state index < -0.39 is 11.5 Å². The van der Waals surface area contributed by atoms with Crippen LogP contribution in [0.4, 0.5) is 0 Å². The zero-order valence-corrected chi connectivity index (χ0v) is 10.8. The summed E-state index contributed by atoms with van der Waals surface area (Å²) in [4.78, 5) is 22.5. The molecule has 4 bridgehead atoms. The van der Waals surface area contributed by atoms with Gasteiger partial charge in [0.1, 0.15) is 5.54 Å². The van der Waals surface area contributed by atoms with E-state index in [1.807, 2.05) is 0 Å². The van der Waals surface area contributed by atoms with Crippen molar-refractivity contribution in [3.63, 3.8) is 0 Å². The second-order valence-corrected chi connectivity index (χ2v) is 6.89. The summed E-state index contributed by atoms with van der Waals surface area (Å²) in [5.74, 6) is 1.17. The number of rotatable bonds is 4. The Kier molecular flexibility index (Phi) is 2.48. The Bertz CT molecular complexity index is 357. The molecule has 4 nitrogen and oxygen atoms in total. The lowest BCUT2D eigenvalue weighted by molar-refractivity contribution is -0.165. The van der Waals surface area contributed by atoms with Crippen molar-refractivity contribution in [1.29, 1.82) is 0 Å². The van der Waals surface area contributed by atoms with Gasteiger partial charge < -0.3 is 10.4 Å². The highest BCUT2D eigenvalue weighted by atomic mass is 16.4. The van der Waals surface area contributed by atoms with Crippen LogP contribution in [0.1, 0.15) is 45.4 Å². The van der Waals surface area contributed by atoms with Gasteiger partial charge in [-0.05, 0) is 63.2 Å². The minimum Gasteiger partial charge on any atom is -0.479 e. The standard InChI is InChI=1S/C14H21NO3/c1-13(12(17)18,15-8-16)14-5-9-2-10(6-14)4-11(3-9)7-14/h8-11H,2-7H2,1H3,(H,15,16)(H,17,18). The maximum Gasteiger partial charge on any atom is 0.329 e. The van der Waals surface area contributed by atoms with E-state index in [1.165, 1.54) is 19.3 Å². The molecule has 4 fully saturated rings. The first kappa shape index (κ1) is 12.0. The van der Waals surface area contributed by atoms with Gasteiger partial charge in [0.2, 0.25) is 6.41 Å². The molecule has 4 aliphatic rings. The molecule has 0 saturated heterocycles. The molecule has 0 heterocycles. The number of nitrogens with one attached hydrogen (secondary N) is 1. The highest BCUT2D eigenvalue weighted by Gasteiger charge is 2.61. The Morgan fingerprint density at radius 1 is 1.22 bits per heavy atom. The van der Waals surface area contributed by atoms with Crippen molar-refractivity contribution >= 4 is 12.4 Å². The Morgan fingerprint density at radius 3 is 2.00 bits per heavy atom.